The number of ether oxygens (including phenoxy) is 5. The van der Waals surface area contributed by atoms with Crippen LogP contribution in [0.4, 0.5) is 13.2 Å². The van der Waals surface area contributed by atoms with Crippen molar-refractivity contribution in [3.8, 4) is 0 Å². The lowest BCUT2D eigenvalue weighted by Crippen LogP contribution is -2.63. The summed E-state index contributed by atoms with van der Waals surface area (Å²) < 4.78 is 90.3. The number of hydrogen-bond acceptors (Lipinski definition) is 12. The molecule has 0 aliphatic carbocycles. The molecule has 0 aromatic rings. The highest BCUT2D eigenvalue weighted by Gasteiger charge is 2.57. The first-order valence-electron chi connectivity index (χ1n) is 8.35. The van der Waals surface area contributed by atoms with E-state index in [0.29, 0.717) is 0 Å². The standard InChI is InChI=1S/C15H19F3O12S/c1-6(19)25-5-10-11(30-31(23,24)15(16,17)18)12(26-7(2)20)13(27-8(3)21)14(29-10)28-9(4)22/h10-14H,5H2,1-4H3/t10-,11+,12+,13-,14-/m1/s1. The predicted octanol–water partition coefficient (Wildman–Crippen LogP) is -0.0643. The average molecular weight is 480 g/mol. The molecule has 1 aliphatic heterocycles. The molecule has 1 heterocycles. The number of halogens is 3. The van der Waals surface area contributed by atoms with Crippen LogP contribution in [0.2, 0.25) is 0 Å². The highest BCUT2D eigenvalue weighted by atomic mass is 32.2. The van der Waals surface area contributed by atoms with Gasteiger partial charge in [-0.1, -0.05) is 0 Å². The minimum Gasteiger partial charge on any atom is -0.463 e. The van der Waals surface area contributed by atoms with E-state index in [2.05, 4.69) is 8.92 Å². The van der Waals surface area contributed by atoms with Crippen LogP contribution in [0.1, 0.15) is 27.7 Å². The van der Waals surface area contributed by atoms with Crippen molar-refractivity contribution in [2.75, 3.05) is 6.61 Å². The lowest BCUT2D eigenvalue weighted by atomic mass is 9.98. The van der Waals surface area contributed by atoms with Crippen molar-refractivity contribution < 1.29 is 68.6 Å². The van der Waals surface area contributed by atoms with Crippen LogP contribution in [0, 0.1) is 0 Å². The Morgan fingerprint density at radius 3 is 1.71 bits per heavy atom. The van der Waals surface area contributed by atoms with Crippen molar-refractivity contribution in [1.82, 2.24) is 0 Å². The average Bonchev–Trinajstić information content (AvgIpc) is 2.56. The summed E-state index contributed by atoms with van der Waals surface area (Å²) >= 11 is 0. The van der Waals surface area contributed by atoms with Gasteiger partial charge in [0.1, 0.15) is 18.8 Å². The third-order valence-electron chi connectivity index (χ3n) is 3.45. The van der Waals surface area contributed by atoms with Crippen LogP contribution >= 0.6 is 0 Å². The summed E-state index contributed by atoms with van der Waals surface area (Å²) in [7, 11) is -6.29. The lowest BCUT2D eigenvalue weighted by Gasteiger charge is -2.43. The second-order valence-corrected chi connectivity index (χ2v) is 7.63. The van der Waals surface area contributed by atoms with Crippen LogP contribution in [-0.4, -0.2) is 75.1 Å². The van der Waals surface area contributed by atoms with Gasteiger partial charge in [-0.15, -0.1) is 0 Å². The second kappa shape index (κ2) is 10.2. The Kier molecular flexibility index (Phi) is 8.77. The molecule has 16 heteroatoms. The van der Waals surface area contributed by atoms with Gasteiger partial charge in [-0.3, -0.25) is 23.4 Å². The molecule has 12 nitrogen and oxygen atoms in total. The molecule has 0 aromatic heterocycles. The zero-order valence-corrected chi connectivity index (χ0v) is 17.4. The van der Waals surface area contributed by atoms with Gasteiger partial charge in [0.25, 0.3) is 0 Å². The largest absolute Gasteiger partial charge is 0.523 e. The monoisotopic (exact) mass is 480 g/mol. The zero-order chi connectivity index (χ0) is 24.1. The zero-order valence-electron chi connectivity index (χ0n) is 16.5. The van der Waals surface area contributed by atoms with Crippen LogP contribution in [0.3, 0.4) is 0 Å². The van der Waals surface area contributed by atoms with E-state index in [0.717, 1.165) is 27.7 Å². The first-order valence-corrected chi connectivity index (χ1v) is 9.76. The molecule has 1 saturated heterocycles. The number of alkyl halides is 3. The Morgan fingerprint density at radius 1 is 0.806 bits per heavy atom. The summed E-state index contributed by atoms with van der Waals surface area (Å²) in [4.78, 5) is 45.5. The quantitative estimate of drug-likeness (QED) is 0.207. The summed E-state index contributed by atoms with van der Waals surface area (Å²) in [5, 5.41) is 0. The Hall–Kier alpha value is -2.46. The van der Waals surface area contributed by atoms with Crippen LogP contribution < -0.4 is 0 Å². The molecule has 0 N–H and O–H groups in total. The highest BCUT2D eigenvalue weighted by molar-refractivity contribution is 7.87. The summed E-state index contributed by atoms with van der Waals surface area (Å²) in [6.07, 6.45) is -10.0. The number of carbonyl (C=O) groups is 4. The van der Waals surface area contributed by atoms with Gasteiger partial charge in [0.05, 0.1) is 0 Å². The smallest absolute Gasteiger partial charge is 0.463 e. The van der Waals surface area contributed by atoms with Crippen molar-refractivity contribution >= 4 is 34.0 Å². The van der Waals surface area contributed by atoms with E-state index in [1.54, 1.807) is 0 Å². The summed E-state index contributed by atoms with van der Waals surface area (Å²) in [6, 6.07) is 0. The van der Waals surface area contributed by atoms with Crippen LogP contribution in [-0.2, 0) is 57.2 Å². The van der Waals surface area contributed by atoms with E-state index in [9.17, 15) is 40.8 Å². The fourth-order valence-corrected chi connectivity index (χ4v) is 3.07. The molecule has 0 bridgehead atoms. The maximum Gasteiger partial charge on any atom is 0.523 e. The molecule has 0 unspecified atom stereocenters. The number of carbonyl (C=O) groups excluding carboxylic acids is 4. The van der Waals surface area contributed by atoms with Gasteiger partial charge < -0.3 is 23.7 Å². The van der Waals surface area contributed by atoms with Crippen LogP contribution in [0.15, 0.2) is 0 Å². The van der Waals surface area contributed by atoms with Crippen LogP contribution in [0.25, 0.3) is 0 Å². The second-order valence-electron chi connectivity index (χ2n) is 6.06. The van der Waals surface area contributed by atoms with E-state index in [-0.39, 0.29) is 0 Å². The molecule has 0 radical (unpaired) electrons. The van der Waals surface area contributed by atoms with Crippen molar-refractivity contribution in [1.29, 1.82) is 0 Å². The minimum absolute atomic E-state index is 0.817. The Bertz CT molecular complexity index is 809. The summed E-state index contributed by atoms with van der Waals surface area (Å²) in [6.45, 7) is 2.63. The van der Waals surface area contributed by atoms with E-state index < -0.39 is 76.8 Å². The van der Waals surface area contributed by atoms with Gasteiger partial charge in [0, 0.05) is 27.7 Å². The normalized spacial score (nSPS) is 26.5. The molecule has 5 atom stereocenters. The topological polar surface area (TPSA) is 158 Å². The third-order valence-corrected chi connectivity index (χ3v) is 4.49. The van der Waals surface area contributed by atoms with Gasteiger partial charge in [0.15, 0.2) is 6.10 Å². The van der Waals surface area contributed by atoms with Crippen molar-refractivity contribution in [2.45, 2.75) is 63.9 Å². The third kappa shape index (κ3) is 7.62. The van der Waals surface area contributed by atoms with Crippen molar-refractivity contribution in [3.63, 3.8) is 0 Å². The van der Waals surface area contributed by atoms with E-state index in [1.165, 1.54) is 0 Å². The molecular formula is C15H19F3O12S. The summed E-state index contributed by atoms with van der Waals surface area (Å²) in [5.41, 5.74) is -5.89. The lowest BCUT2D eigenvalue weighted by molar-refractivity contribution is -0.294. The van der Waals surface area contributed by atoms with Gasteiger partial charge in [-0.2, -0.15) is 21.6 Å². The van der Waals surface area contributed by atoms with Crippen LogP contribution in [0.5, 0.6) is 0 Å². The van der Waals surface area contributed by atoms with Gasteiger partial charge in [-0.05, 0) is 0 Å². The molecule has 0 amide bonds. The molecule has 31 heavy (non-hydrogen) atoms. The molecule has 1 aliphatic rings. The SMILES string of the molecule is CC(=O)OC[C@H]1O[C@@H](OC(C)=O)[C@H](OC(C)=O)[C@@H](OC(C)=O)[C@H]1OS(=O)(=O)C(F)(F)F. The first kappa shape index (κ1) is 26.6. The first-order chi connectivity index (χ1) is 14.0. The maximum absolute atomic E-state index is 12.9. The maximum atomic E-state index is 12.9. The number of esters is 4. The molecule has 0 spiro atoms. The minimum atomic E-state index is -6.29. The Morgan fingerprint density at radius 2 is 1.29 bits per heavy atom. The van der Waals surface area contributed by atoms with Crippen molar-refractivity contribution in [2.24, 2.45) is 0 Å². The van der Waals surface area contributed by atoms with E-state index >= 15 is 0 Å². The molecule has 178 valence electrons. The molecule has 1 fully saturated rings. The van der Waals surface area contributed by atoms with Gasteiger partial charge in [0.2, 0.25) is 12.4 Å². The molecule has 0 aromatic carbocycles. The number of rotatable bonds is 7. The Labute approximate surface area is 174 Å². The van der Waals surface area contributed by atoms with E-state index in [1.807, 2.05) is 0 Å². The molecule has 0 saturated carbocycles. The van der Waals surface area contributed by atoms with E-state index in [4.69, 9.17) is 18.9 Å². The number of hydrogen-bond donors (Lipinski definition) is 0. The Balaban J connectivity index is 3.51. The summed E-state index contributed by atoms with van der Waals surface area (Å²) in [5.74, 6) is -4.15. The fourth-order valence-electron chi connectivity index (χ4n) is 2.43. The van der Waals surface area contributed by atoms with Crippen molar-refractivity contribution in [3.05, 3.63) is 0 Å². The molecular weight excluding hydrogens is 461 g/mol. The van der Waals surface area contributed by atoms with Gasteiger partial charge >= 0.3 is 39.5 Å². The fraction of sp³-hybridized carbons (Fsp3) is 0.733. The highest BCUT2D eigenvalue weighted by Crippen LogP contribution is 2.34. The molecule has 1 rings (SSSR count). The van der Waals surface area contributed by atoms with Gasteiger partial charge in [-0.25, -0.2) is 0 Å². The predicted molar refractivity (Wildman–Crippen MR) is 88.0 cm³/mol.